The number of hydrogen-bond donors (Lipinski definition) is 1. The van der Waals surface area contributed by atoms with Crippen molar-refractivity contribution in [1.82, 2.24) is 5.43 Å². The molecule has 5 nitrogen and oxygen atoms in total. The summed E-state index contributed by atoms with van der Waals surface area (Å²) in [5, 5.41) is 5.45. The van der Waals surface area contributed by atoms with Gasteiger partial charge in [-0.3, -0.25) is 4.79 Å². The van der Waals surface area contributed by atoms with Gasteiger partial charge in [0.2, 0.25) is 6.79 Å². The summed E-state index contributed by atoms with van der Waals surface area (Å²) in [6.07, 6.45) is 3.70. The highest BCUT2D eigenvalue weighted by molar-refractivity contribution is 7.21. The van der Waals surface area contributed by atoms with Crippen LogP contribution < -0.4 is 14.9 Å². The van der Waals surface area contributed by atoms with Crippen LogP contribution in [0.25, 0.3) is 16.2 Å². The minimum Gasteiger partial charge on any atom is -0.454 e. The number of carbonyl (C=O) groups is 1. The molecule has 2 aromatic carbocycles. The number of nitrogens with one attached hydrogen (secondary N) is 1. The number of benzene rings is 2. The molecule has 0 saturated heterocycles. The van der Waals surface area contributed by atoms with Crippen molar-refractivity contribution in [2.45, 2.75) is 6.92 Å². The van der Waals surface area contributed by atoms with Crippen molar-refractivity contribution in [2.24, 2.45) is 5.10 Å². The Morgan fingerprint density at radius 3 is 2.89 bits per heavy atom. The molecule has 0 unspecified atom stereocenters. The van der Waals surface area contributed by atoms with Gasteiger partial charge in [0, 0.05) is 10.1 Å². The third-order valence-corrected chi connectivity index (χ3v) is 5.66. The van der Waals surface area contributed by atoms with E-state index in [1.807, 2.05) is 54.6 Å². The summed E-state index contributed by atoms with van der Waals surface area (Å²) in [5.74, 6) is 1.14. The third kappa shape index (κ3) is 3.67. The molecule has 0 atom stereocenters. The summed E-state index contributed by atoms with van der Waals surface area (Å²) in [4.78, 5) is 12.8. The second kappa shape index (κ2) is 7.42. The van der Waals surface area contributed by atoms with Gasteiger partial charge in [-0.25, -0.2) is 5.43 Å². The first-order valence-electron chi connectivity index (χ1n) is 8.21. The number of thiophene rings is 1. The van der Waals surface area contributed by atoms with Gasteiger partial charge in [-0.1, -0.05) is 41.9 Å². The molecule has 0 spiro atoms. The fourth-order valence-corrected chi connectivity index (χ4v) is 4.03. The molecule has 0 bridgehead atoms. The van der Waals surface area contributed by atoms with E-state index in [4.69, 9.17) is 21.1 Å². The monoisotopic (exact) mass is 398 g/mol. The minimum absolute atomic E-state index is 0.245. The van der Waals surface area contributed by atoms with Crippen LogP contribution in [0.15, 0.2) is 53.6 Å². The molecule has 3 aromatic rings. The van der Waals surface area contributed by atoms with Crippen molar-refractivity contribution >= 4 is 50.7 Å². The van der Waals surface area contributed by atoms with E-state index in [1.54, 1.807) is 6.92 Å². The quantitative estimate of drug-likeness (QED) is 0.491. The van der Waals surface area contributed by atoms with Gasteiger partial charge in [0.25, 0.3) is 5.91 Å². The van der Waals surface area contributed by atoms with Gasteiger partial charge in [-0.05, 0) is 36.8 Å². The normalized spacial score (nSPS) is 13.5. The molecular weight excluding hydrogens is 384 g/mol. The zero-order chi connectivity index (χ0) is 18.8. The van der Waals surface area contributed by atoms with Crippen LogP contribution in [0, 0.1) is 0 Å². The maximum Gasteiger partial charge on any atom is 0.283 e. The lowest BCUT2D eigenvalue weighted by Gasteiger charge is -1.99. The molecule has 27 heavy (non-hydrogen) atoms. The second-order valence-corrected chi connectivity index (χ2v) is 7.31. The van der Waals surface area contributed by atoms with Crippen LogP contribution in [0.5, 0.6) is 11.5 Å². The van der Waals surface area contributed by atoms with E-state index in [0.29, 0.717) is 15.6 Å². The zero-order valence-electron chi connectivity index (χ0n) is 14.4. The van der Waals surface area contributed by atoms with Crippen LogP contribution in [0.4, 0.5) is 0 Å². The molecule has 1 aliphatic rings. The van der Waals surface area contributed by atoms with Gasteiger partial charge in [-0.15, -0.1) is 11.3 Å². The average Bonchev–Trinajstić information content (AvgIpc) is 3.29. The number of amides is 1. The molecule has 0 saturated carbocycles. The predicted molar refractivity (Wildman–Crippen MR) is 109 cm³/mol. The Labute approximate surface area is 164 Å². The Kier molecular flexibility index (Phi) is 4.83. The average molecular weight is 399 g/mol. The summed E-state index contributed by atoms with van der Waals surface area (Å²) in [7, 11) is 0. The van der Waals surface area contributed by atoms with Gasteiger partial charge in [0.15, 0.2) is 11.5 Å². The van der Waals surface area contributed by atoms with E-state index < -0.39 is 0 Å². The lowest BCUT2D eigenvalue weighted by atomic mass is 10.2. The fourth-order valence-electron chi connectivity index (χ4n) is 2.62. The van der Waals surface area contributed by atoms with Gasteiger partial charge in [-0.2, -0.15) is 5.10 Å². The number of allylic oxidation sites excluding steroid dienone is 1. The molecule has 0 radical (unpaired) electrons. The van der Waals surface area contributed by atoms with Crippen LogP contribution in [0.1, 0.15) is 22.2 Å². The topological polar surface area (TPSA) is 59.9 Å². The van der Waals surface area contributed by atoms with Crippen LogP contribution >= 0.6 is 22.9 Å². The summed E-state index contributed by atoms with van der Waals surface area (Å²) in [6, 6.07) is 13.3. The highest BCUT2D eigenvalue weighted by Gasteiger charge is 2.16. The number of hydrogen-bond acceptors (Lipinski definition) is 5. The maximum absolute atomic E-state index is 12.4. The van der Waals surface area contributed by atoms with Gasteiger partial charge in [0.05, 0.1) is 10.7 Å². The first-order valence-corrected chi connectivity index (χ1v) is 9.40. The molecule has 1 aliphatic heterocycles. The number of hydrazone groups is 1. The van der Waals surface area contributed by atoms with Gasteiger partial charge >= 0.3 is 0 Å². The molecule has 4 rings (SSSR count). The number of halogens is 1. The molecule has 1 aromatic heterocycles. The molecule has 2 heterocycles. The van der Waals surface area contributed by atoms with Crippen molar-refractivity contribution in [3.8, 4) is 11.5 Å². The lowest BCUT2D eigenvalue weighted by Crippen LogP contribution is -2.17. The SMILES string of the molecule is CC(/C=C/c1ccc2c(c1)OCO2)=N\NC(=O)c1sc2ccccc2c1Cl. The van der Waals surface area contributed by atoms with Crippen molar-refractivity contribution in [2.75, 3.05) is 6.79 Å². The second-order valence-electron chi connectivity index (χ2n) is 5.88. The standard InChI is InChI=1S/C20H15ClN2O3S/c1-12(6-7-13-8-9-15-16(10-13)26-11-25-15)22-23-20(24)19-18(21)14-4-2-3-5-17(14)27-19/h2-10H,11H2,1H3,(H,23,24)/b7-6+,22-12+. The van der Waals surface area contributed by atoms with E-state index in [9.17, 15) is 4.79 Å². The van der Waals surface area contributed by atoms with Crippen LogP contribution in [0.2, 0.25) is 5.02 Å². The molecule has 7 heteroatoms. The van der Waals surface area contributed by atoms with Crippen LogP contribution in [0.3, 0.4) is 0 Å². The molecule has 1 amide bonds. The Morgan fingerprint density at radius 2 is 2.04 bits per heavy atom. The molecule has 1 N–H and O–H groups in total. The number of ether oxygens (including phenoxy) is 2. The number of nitrogens with zero attached hydrogens (tertiary/aromatic N) is 1. The Morgan fingerprint density at radius 1 is 1.22 bits per heavy atom. The first kappa shape index (κ1) is 17.6. The molecule has 136 valence electrons. The minimum atomic E-state index is -0.322. The molecular formula is C20H15ClN2O3S. The van der Waals surface area contributed by atoms with Crippen molar-refractivity contribution in [3.63, 3.8) is 0 Å². The van der Waals surface area contributed by atoms with Crippen LogP contribution in [-0.4, -0.2) is 18.4 Å². The van der Waals surface area contributed by atoms with E-state index in [1.165, 1.54) is 11.3 Å². The maximum atomic E-state index is 12.4. The first-order chi connectivity index (χ1) is 13.1. The van der Waals surface area contributed by atoms with E-state index in [0.717, 1.165) is 27.1 Å². The van der Waals surface area contributed by atoms with E-state index in [-0.39, 0.29) is 12.7 Å². The summed E-state index contributed by atoms with van der Waals surface area (Å²) < 4.78 is 11.6. The summed E-state index contributed by atoms with van der Waals surface area (Å²) in [5.41, 5.74) is 4.16. The highest BCUT2D eigenvalue weighted by Crippen LogP contribution is 2.35. The van der Waals surface area contributed by atoms with Crippen molar-refractivity contribution in [1.29, 1.82) is 0 Å². The molecule has 0 aliphatic carbocycles. The smallest absolute Gasteiger partial charge is 0.283 e. The Bertz CT molecular complexity index is 1090. The van der Waals surface area contributed by atoms with Crippen LogP contribution in [-0.2, 0) is 0 Å². The number of carbonyl (C=O) groups excluding carboxylic acids is 1. The highest BCUT2D eigenvalue weighted by atomic mass is 35.5. The molecule has 0 fully saturated rings. The summed E-state index contributed by atoms with van der Waals surface area (Å²) in [6.45, 7) is 2.05. The van der Waals surface area contributed by atoms with Crippen molar-refractivity contribution < 1.29 is 14.3 Å². The predicted octanol–water partition coefficient (Wildman–Crippen LogP) is 5.10. The van der Waals surface area contributed by atoms with Gasteiger partial charge in [0.1, 0.15) is 4.88 Å². The van der Waals surface area contributed by atoms with Crippen molar-refractivity contribution in [3.05, 3.63) is 64.0 Å². The third-order valence-electron chi connectivity index (χ3n) is 3.99. The Hall–Kier alpha value is -2.83. The largest absolute Gasteiger partial charge is 0.454 e. The van der Waals surface area contributed by atoms with Gasteiger partial charge < -0.3 is 9.47 Å². The zero-order valence-corrected chi connectivity index (χ0v) is 15.9. The fraction of sp³-hybridized carbons (Fsp3) is 0.100. The lowest BCUT2D eigenvalue weighted by molar-refractivity contribution is 0.0959. The number of fused-ring (bicyclic) bond motifs is 2. The van der Waals surface area contributed by atoms with E-state index in [2.05, 4.69) is 10.5 Å². The Balaban J connectivity index is 1.45. The summed E-state index contributed by atoms with van der Waals surface area (Å²) >= 11 is 7.67. The number of rotatable bonds is 4. The van der Waals surface area contributed by atoms with E-state index >= 15 is 0 Å².